The molecule has 0 fully saturated rings. The second-order valence-corrected chi connectivity index (χ2v) is 7.09. The van der Waals surface area contributed by atoms with Crippen LogP contribution in [0.1, 0.15) is 46.6 Å². The molecule has 6 heteroatoms. The molecule has 0 bridgehead atoms. The number of fused-ring (bicyclic) bond motifs is 1. The lowest BCUT2D eigenvalue weighted by molar-refractivity contribution is -0.116. The summed E-state index contributed by atoms with van der Waals surface area (Å²) in [6.07, 6.45) is 4.75. The Labute approximate surface area is 143 Å². The molecule has 0 atom stereocenters. The number of rotatable bonds is 5. The Kier molecular flexibility index (Phi) is 5.08. The number of nitrogens with one attached hydrogen (secondary N) is 1. The molecule has 1 amide bonds. The van der Waals surface area contributed by atoms with Gasteiger partial charge in [0.25, 0.3) is 0 Å². The third-order valence-corrected chi connectivity index (χ3v) is 5.16. The van der Waals surface area contributed by atoms with Gasteiger partial charge in [-0.05, 0) is 49.9 Å². The summed E-state index contributed by atoms with van der Waals surface area (Å²) in [5.74, 6) is -0.228. The zero-order valence-electron chi connectivity index (χ0n) is 12.6. The Bertz CT molecular complexity index is 701. The first-order valence-electron chi connectivity index (χ1n) is 7.69. The van der Waals surface area contributed by atoms with E-state index in [1.807, 2.05) is 0 Å². The summed E-state index contributed by atoms with van der Waals surface area (Å²) >= 11 is 7.35. The summed E-state index contributed by atoms with van der Waals surface area (Å²) in [4.78, 5) is 29.8. The monoisotopic (exact) mass is 348 g/mol. The molecule has 0 aliphatic heterocycles. The van der Waals surface area contributed by atoms with Crippen LogP contribution in [0.4, 0.5) is 5.13 Å². The number of hydrogen-bond donors (Lipinski definition) is 1. The van der Waals surface area contributed by atoms with Gasteiger partial charge in [-0.3, -0.25) is 9.59 Å². The Morgan fingerprint density at radius 1 is 1.13 bits per heavy atom. The van der Waals surface area contributed by atoms with Crippen LogP contribution in [0.25, 0.3) is 0 Å². The molecule has 1 aromatic heterocycles. The highest BCUT2D eigenvalue weighted by atomic mass is 35.5. The van der Waals surface area contributed by atoms with Crippen LogP contribution in [0.5, 0.6) is 0 Å². The van der Waals surface area contributed by atoms with Gasteiger partial charge in [0.15, 0.2) is 10.9 Å². The first kappa shape index (κ1) is 16.1. The Morgan fingerprint density at radius 3 is 2.61 bits per heavy atom. The van der Waals surface area contributed by atoms with Crippen LogP contribution < -0.4 is 5.32 Å². The van der Waals surface area contributed by atoms with Crippen molar-refractivity contribution >= 4 is 39.8 Å². The van der Waals surface area contributed by atoms with Crippen molar-refractivity contribution in [1.82, 2.24) is 4.98 Å². The standard InChI is InChI=1S/C17H17ClN2O2S/c18-12-7-5-11(6-8-12)14(21)9-10-16(22)20-17-19-13-3-1-2-4-15(13)23-17/h5-8H,1-4,9-10H2,(H,19,20,22). The van der Waals surface area contributed by atoms with Gasteiger partial charge in [0, 0.05) is 28.3 Å². The van der Waals surface area contributed by atoms with Crippen LogP contribution in [0, 0.1) is 0 Å². The van der Waals surface area contributed by atoms with E-state index < -0.39 is 0 Å². The molecule has 0 saturated heterocycles. The number of halogens is 1. The minimum Gasteiger partial charge on any atom is -0.302 e. The fraction of sp³-hybridized carbons (Fsp3) is 0.353. The number of carbonyl (C=O) groups is 2. The van der Waals surface area contributed by atoms with E-state index in [-0.39, 0.29) is 24.5 Å². The summed E-state index contributed by atoms with van der Waals surface area (Å²) < 4.78 is 0. The summed E-state index contributed by atoms with van der Waals surface area (Å²) in [7, 11) is 0. The quantitative estimate of drug-likeness (QED) is 0.820. The fourth-order valence-corrected chi connectivity index (χ4v) is 3.79. The highest BCUT2D eigenvalue weighted by Gasteiger charge is 2.16. The average Bonchev–Trinajstić information content (AvgIpc) is 2.95. The molecule has 0 unspecified atom stereocenters. The van der Waals surface area contributed by atoms with E-state index in [4.69, 9.17) is 11.6 Å². The molecule has 1 aliphatic rings. The molecule has 2 aromatic rings. The topological polar surface area (TPSA) is 59.1 Å². The molecule has 0 saturated carbocycles. The number of amides is 1. The maximum absolute atomic E-state index is 12.0. The van der Waals surface area contributed by atoms with Crippen molar-refractivity contribution in [2.75, 3.05) is 5.32 Å². The Morgan fingerprint density at radius 2 is 1.87 bits per heavy atom. The van der Waals surface area contributed by atoms with E-state index in [2.05, 4.69) is 10.3 Å². The van der Waals surface area contributed by atoms with Gasteiger partial charge in [-0.2, -0.15) is 0 Å². The zero-order valence-corrected chi connectivity index (χ0v) is 14.2. The molecule has 4 nitrogen and oxygen atoms in total. The zero-order chi connectivity index (χ0) is 16.2. The van der Waals surface area contributed by atoms with E-state index in [0.29, 0.717) is 15.7 Å². The van der Waals surface area contributed by atoms with Crippen molar-refractivity contribution in [3.8, 4) is 0 Å². The van der Waals surface area contributed by atoms with Crippen LogP contribution in [0.15, 0.2) is 24.3 Å². The second kappa shape index (κ2) is 7.23. The van der Waals surface area contributed by atoms with Gasteiger partial charge >= 0.3 is 0 Å². The van der Waals surface area contributed by atoms with E-state index in [0.717, 1.165) is 18.5 Å². The van der Waals surface area contributed by atoms with Gasteiger partial charge < -0.3 is 5.32 Å². The molecule has 120 valence electrons. The third kappa shape index (κ3) is 4.18. The van der Waals surface area contributed by atoms with E-state index >= 15 is 0 Å². The van der Waals surface area contributed by atoms with E-state index in [1.165, 1.54) is 17.7 Å². The molecule has 3 rings (SSSR count). The molecule has 1 N–H and O–H groups in total. The number of nitrogens with zero attached hydrogens (tertiary/aromatic N) is 1. The number of thiazole rings is 1. The van der Waals surface area contributed by atoms with Gasteiger partial charge in [0.1, 0.15) is 0 Å². The smallest absolute Gasteiger partial charge is 0.226 e. The second-order valence-electron chi connectivity index (χ2n) is 5.57. The molecule has 1 heterocycles. The van der Waals surface area contributed by atoms with Gasteiger partial charge in [-0.25, -0.2) is 4.98 Å². The van der Waals surface area contributed by atoms with Crippen molar-refractivity contribution < 1.29 is 9.59 Å². The molecule has 1 aromatic carbocycles. The predicted molar refractivity (Wildman–Crippen MR) is 92.4 cm³/mol. The first-order chi connectivity index (χ1) is 11.1. The van der Waals surface area contributed by atoms with Crippen LogP contribution in [-0.2, 0) is 17.6 Å². The maximum atomic E-state index is 12.0. The fourth-order valence-electron chi connectivity index (χ4n) is 2.59. The Balaban J connectivity index is 1.52. The van der Waals surface area contributed by atoms with Gasteiger partial charge in [-0.1, -0.05) is 11.6 Å². The number of ketones is 1. The van der Waals surface area contributed by atoms with E-state index in [9.17, 15) is 9.59 Å². The van der Waals surface area contributed by atoms with Crippen LogP contribution in [0.2, 0.25) is 5.02 Å². The van der Waals surface area contributed by atoms with Gasteiger partial charge in [0.05, 0.1) is 5.69 Å². The van der Waals surface area contributed by atoms with Crippen molar-refractivity contribution in [1.29, 1.82) is 0 Å². The lowest BCUT2D eigenvalue weighted by Crippen LogP contribution is -2.13. The highest BCUT2D eigenvalue weighted by molar-refractivity contribution is 7.15. The minimum absolute atomic E-state index is 0.0600. The minimum atomic E-state index is -0.168. The number of Topliss-reactive ketones (excluding diaryl/α,β-unsaturated/α-hetero) is 1. The first-order valence-corrected chi connectivity index (χ1v) is 8.88. The van der Waals surface area contributed by atoms with Gasteiger partial charge in [-0.15, -0.1) is 11.3 Å². The Hall–Kier alpha value is -1.72. The summed E-state index contributed by atoms with van der Waals surface area (Å²) in [5, 5.41) is 4.05. The van der Waals surface area contributed by atoms with E-state index in [1.54, 1.807) is 35.6 Å². The lowest BCUT2D eigenvalue weighted by Gasteiger charge is -2.06. The van der Waals surface area contributed by atoms with Crippen molar-refractivity contribution in [3.63, 3.8) is 0 Å². The summed E-state index contributed by atoms with van der Waals surface area (Å²) in [6, 6.07) is 6.71. The molecule has 0 radical (unpaired) electrons. The largest absolute Gasteiger partial charge is 0.302 e. The number of benzene rings is 1. The molecular formula is C17H17ClN2O2S. The maximum Gasteiger partial charge on any atom is 0.226 e. The summed E-state index contributed by atoms with van der Waals surface area (Å²) in [6.45, 7) is 0. The number of aromatic nitrogens is 1. The summed E-state index contributed by atoms with van der Waals surface area (Å²) in [5.41, 5.74) is 1.70. The number of anilines is 1. The van der Waals surface area contributed by atoms with Gasteiger partial charge in [0.2, 0.25) is 5.91 Å². The molecule has 1 aliphatic carbocycles. The highest BCUT2D eigenvalue weighted by Crippen LogP contribution is 2.29. The lowest BCUT2D eigenvalue weighted by atomic mass is 10.0. The third-order valence-electron chi connectivity index (χ3n) is 3.84. The normalized spacial score (nSPS) is 13.4. The van der Waals surface area contributed by atoms with Crippen molar-refractivity contribution in [2.24, 2.45) is 0 Å². The molecular weight excluding hydrogens is 332 g/mol. The SMILES string of the molecule is O=C(CCC(=O)c1ccc(Cl)cc1)Nc1nc2c(s1)CCCC2. The van der Waals surface area contributed by atoms with Crippen LogP contribution in [0.3, 0.4) is 0 Å². The number of hydrogen-bond acceptors (Lipinski definition) is 4. The molecule has 0 spiro atoms. The van der Waals surface area contributed by atoms with Crippen LogP contribution in [-0.4, -0.2) is 16.7 Å². The average molecular weight is 349 g/mol. The predicted octanol–water partition coefficient (Wildman–Crippen LogP) is 4.28. The number of aryl methyl sites for hydroxylation is 2. The number of carbonyl (C=O) groups excluding carboxylic acids is 2. The van der Waals surface area contributed by atoms with Crippen molar-refractivity contribution in [3.05, 3.63) is 45.4 Å². The van der Waals surface area contributed by atoms with Crippen LogP contribution >= 0.6 is 22.9 Å². The molecule has 23 heavy (non-hydrogen) atoms. The van der Waals surface area contributed by atoms with Crippen molar-refractivity contribution in [2.45, 2.75) is 38.5 Å².